The Hall–Kier alpha value is -2.46. The van der Waals surface area contributed by atoms with Gasteiger partial charge in [0, 0.05) is 20.1 Å². The van der Waals surface area contributed by atoms with Gasteiger partial charge in [-0.25, -0.2) is 4.90 Å². The summed E-state index contributed by atoms with van der Waals surface area (Å²) >= 11 is 0. The number of piperidine rings is 1. The molecule has 25 heavy (non-hydrogen) atoms. The number of rotatable bonds is 4. The number of aliphatic imine (C=N–C) groups is 1. The van der Waals surface area contributed by atoms with E-state index in [-0.39, 0.29) is 12.1 Å². The molecule has 0 amide bonds. The van der Waals surface area contributed by atoms with Crippen molar-refractivity contribution in [2.75, 3.05) is 39.8 Å². The number of guanidine groups is 1. The lowest BCUT2D eigenvalue weighted by Gasteiger charge is -2.36. The Morgan fingerprint density at radius 1 is 1.36 bits per heavy atom. The highest BCUT2D eigenvalue weighted by molar-refractivity contribution is 5.79. The van der Waals surface area contributed by atoms with Gasteiger partial charge in [-0.1, -0.05) is 12.1 Å². The van der Waals surface area contributed by atoms with Crippen LogP contribution in [-0.4, -0.2) is 61.7 Å². The Morgan fingerprint density at radius 2 is 2.08 bits per heavy atom. The van der Waals surface area contributed by atoms with Gasteiger partial charge in [-0.05, 0) is 44.0 Å². The summed E-state index contributed by atoms with van der Waals surface area (Å²) in [5, 5.41) is 9.18. The molecule has 2 aliphatic heterocycles. The summed E-state index contributed by atoms with van der Waals surface area (Å²) < 4.78 is 11.8. The topological polar surface area (TPSA) is 87.1 Å². The summed E-state index contributed by atoms with van der Waals surface area (Å²) in [5.74, 6) is 2.40. The van der Waals surface area contributed by atoms with E-state index in [4.69, 9.17) is 15.2 Å². The molecule has 0 spiro atoms. The number of benzene rings is 1. The minimum atomic E-state index is 0.0601. The molecular weight excluding hydrogens is 318 g/mol. The van der Waals surface area contributed by atoms with Crippen molar-refractivity contribution in [2.24, 2.45) is 16.6 Å². The van der Waals surface area contributed by atoms with Gasteiger partial charge in [0.2, 0.25) is 5.96 Å². The molecule has 0 aliphatic carbocycles. The van der Waals surface area contributed by atoms with E-state index in [9.17, 15) is 5.26 Å². The molecular formula is C18H25N5O2. The van der Waals surface area contributed by atoms with Gasteiger partial charge in [-0.15, -0.1) is 0 Å². The largest absolute Gasteiger partial charge is 0.486 e. The fourth-order valence-corrected chi connectivity index (χ4v) is 3.36. The van der Waals surface area contributed by atoms with Crippen molar-refractivity contribution in [3.8, 4) is 17.7 Å². The van der Waals surface area contributed by atoms with E-state index in [0.29, 0.717) is 19.1 Å². The van der Waals surface area contributed by atoms with Crippen LogP contribution in [0.25, 0.3) is 0 Å². The number of para-hydroxylation sites is 2. The monoisotopic (exact) mass is 343 g/mol. The molecule has 1 atom stereocenters. The van der Waals surface area contributed by atoms with E-state index >= 15 is 0 Å². The Labute approximate surface area is 148 Å². The predicted molar refractivity (Wildman–Crippen MR) is 95.4 cm³/mol. The summed E-state index contributed by atoms with van der Waals surface area (Å²) in [6.07, 6.45) is 4.26. The van der Waals surface area contributed by atoms with E-state index in [1.165, 1.54) is 4.90 Å². The van der Waals surface area contributed by atoms with E-state index in [2.05, 4.69) is 16.1 Å². The number of nitrogens with zero attached hydrogens (tertiary/aromatic N) is 4. The number of likely N-dealkylation sites (tertiary alicyclic amines) is 1. The summed E-state index contributed by atoms with van der Waals surface area (Å²) in [6, 6.07) is 7.79. The Morgan fingerprint density at radius 3 is 2.76 bits per heavy atom. The first kappa shape index (κ1) is 17.4. The van der Waals surface area contributed by atoms with Crippen molar-refractivity contribution < 1.29 is 9.47 Å². The number of hydrogen-bond donors (Lipinski definition) is 1. The first-order chi connectivity index (χ1) is 12.2. The molecule has 0 saturated carbocycles. The zero-order chi connectivity index (χ0) is 17.6. The van der Waals surface area contributed by atoms with Gasteiger partial charge >= 0.3 is 0 Å². The first-order valence-electron chi connectivity index (χ1n) is 8.70. The minimum Gasteiger partial charge on any atom is -0.486 e. The van der Waals surface area contributed by atoms with E-state index < -0.39 is 0 Å². The second-order valence-corrected chi connectivity index (χ2v) is 6.53. The molecule has 2 heterocycles. The highest BCUT2D eigenvalue weighted by atomic mass is 16.6. The Balaban J connectivity index is 1.45. The van der Waals surface area contributed by atoms with Gasteiger partial charge < -0.3 is 15.2 Å². The summed E-state index contributed by atoms with van der Waals surface area (Å²) in [6.45, 7) is 4.08. The summed E-state index contributed by atoms with van der Waals surface area (Å²) in [7, 11) is 1.60. The molecule has 0 radical (unpaired) electrons. The van der Waals surface area contributed by atoms with Crippen LogP contribution >= 0.6 is 0 Å². The quantitative estimate of drug-likeness (QED) is 0.383. The lowest BCUT2D eigenvalue weighted by atomic mass is 9.96. The predicted octanol–water partition coefficient (Wildman–Crippen LogP) is 1.27. The molecule has 2 aliphatic rings. The van der Waals surface area contributed by atoms with Crippen molar-refractivity contribution in [1.29, 1.82) is 5.26 Å². The standard InChI is InChI=1S/C18H25N5O2/c1-21-18(20)23(13-19)10-14-6-8-22(9-7-14)11-15-12-24-16-4-2-3-5-17(16)25-15/h2-5,14-15H,6-12H2,1H3,(H2,20,21). The first-order valence-corrected chi connectivity index (χ1v) is 8.70. The third kappa shape index (κ3) is 4.34. The van der Waals surface area contributed by atoms with Gasteiger partial charge in [0.25, 0.3) is 0 Å². The second-order valence-electron chi connectivity index (χ2n) is 6.53. The van der Waals surface area contributed by atoms with Crippen LogP contribution in [0.4, 0.5) is 0 Å². The molecule has 3 rings (SSSR count). The number of hydrogen-bond acceptors (Lipinski definition) is 5. The number of nitrogens with two attached hydrogens (primary N) is 1. The number of ether oxygens (including phenoxy) is 2. The van der Waals surface area contributed by atoms with Gasteiger partial charge in [-0.3, -0.25) is 9.89 Å². The zero-order valence-corrected chi connectivity index (χ0v) is 14.6. The van der Waals surface area contributed by atoms with Crippen molar-refractivity contribution in [2.45, 2.75) is 18.9 Å². The summed E-state index contributed by atoms with van der Waals surface area (Å²) in [4.78, 5) is 7.78. The van der Waals surface area contributed by atoms with E-state index in [1.54, 1.807) is 7.05 Å². The average molecular weight is 343 g/mol. The lowest BCUT2D eigenvalue weighted by Crippen LogP contribution is -2.46. The maximum absolute atomic E-state index is 9.18. The Bertz CT molecular complexity index is 649. The number of nitriles is 1. The molecule has 0 bridgehead atoms. The molecule has 134 valence electrons. The highest BCUT2D eigenvalue weighted by Gasteiger charge is 2.27. The van der Waals surface area contributed by atoms with Crippen LogP contribution in [0, 0.1) is 17.4 Å². The van der Waals surface area contributed by atoms with Crippen LogP contribution in [0.3, 0.4) is 0 Å². The minimum absolute atomic E-state index is 0.0601. The Kier molecular flexibility index (Phi) is 5.61. The molecule has 1 fully saturated rings. The molecule has 7 nitrogen and oxygen atoms in total. The zero-order valence-electron chi connectivity index (χ0n) is 14.6. The maximum atomic E-state index is 9.18. The van der Waals surface area contributed by atoms with Crippen LogP contribution in [-0.2, 0) is 0 Å². The molecule has 1 aromatic rings. The smallest absolute Gasteiger partial charge is 0.204 e. The van der Waals surface area contributed by atoms with Gasteiger partial charge in [0.1, 0.15) is 12.7 Å². The van der Waals surface area contributed by atoms with Crippen molar-refractivity contribution in [3.05, 3.63) is 24.3 Å². The fourth-order valence-electron chi connectivity index (χ4n) is 3.36. The molecule has 0 aromatic heterocycles. The molecule has 7 heteroatoms. The number of fused-ring (bicyclic) bond motifs is 1. The third-order valence-electron chi connectivity index (χ3n) is 4.80. The SMILES string of the molecule is CN=C(N)N(C#N)CC1CCN(CC2COc3ccccc3O2)CC1. The van der Waals surface area contributed by atoms with E-state index in [1.807, 2.05) is 24.3 Å². The summed E-state index contributed by atoms with van der Waals surface area (Å²) in [5.41, 5.74) is 5.75. The maximum Gasteiger partial charge on any atom is 0.204 e. The highest BCUT2D eigenvalue weighted by Crippen LogP contribution is 2.31. The molecule has 1 saturated heterocycles. The second kappa shape index (κ2) is 8.08. The van der Waals surface area contributed by atoms with E-state index in [0.717, 1.165) is 44.0 Å². The van der Waals surface area contributed by atoms with Gasteiger partial charge in [0.05, 0.1) is 0 Å². The van der Waals surface area contributed by atoms with Crippen molar-refractivity contribution in [3.63, 3.8) is 0 Å². The molecule has 1 aromatic carbocycles. The van der Waals surface area contributed by atoms with Crippen LogP contribution in [0.5, 0.6) is 11.5 Å². The fraction of sp³-hybridized carbons (Fsp3) is 0.556. The van der Waals surface area contributed by atoms with Crippen LogP contribution in [0.15, 0.2) is 29.3 Å². The third-order valence-corrected chi connectivity index (χ3v) is 4.80. The van der Waals surface area contributed by atoms with Crippen LogP contribution in [0.1, 0.15) is 12.8 Å². The van der Waals surface area contributed by atoms with Crippen molar-refractivity contribution in [1.82, 2.24) is 9.80 Å². The lowest BCUT2D eigenvalue weighted by molar-refractivity contribution is 0.0470. The normalized spacial score (nSPS) is 21.6. The van der Waals surface area contributed by atoms with Crippen LogP contribution < -0.4 is 15.2 Å². The van der Waals surface area contributed by atoms with Gasteiger partial charge in [-0.2, -0.15) is 5.26 Å². The molecule has 1 unspecified atom stereocenters. The van der Waals surface area contributed by atoms with Crippen LogP contribution in [0.2, 0.25) is 0 Å². The average Bonchev–Trinajstić information content (AvgIpc) is 2.66. The van der Waals surface area contributed by atoms with Gasteiger partial charge in [0.15, 0.2) is 17.7 Å². The van der Waals surface area contributed by atoms with Crippen molar-refractivity contribution >= 4 is 5.96 Å². The molecule has 2 N–H and O–H groups in total.